The standard InChI is InChI=1S/C24H30N4O4S2/c1-15(2)24-26-22(27-32-24)20-12-21(17(4)33-20)34(30,31)28-11-7-10-19(14-28)23(29)25-13-18-9-6-5-8-16(18)3/h5-6,8-9,12,15,19H,7,10-11,13-14H2,1-4H3,(H,25,29)/t19-/m0/s1. The topological polar surface area (TPSA) is 105 Å². The molecule has 34 heavy (non-hydrogen) atoms. The number of piperidine rings is 1. The number of nitrogens with zero attached hydrogens (tertiary/aromatic N) is 3. The van der Waals surface area contributed by atoms with Crippen LogP contribution in [-0.4, -0.2) is 41.9 Å². The first-order valence-electron chi connectivity index (χ1n) is 11.4. The van der Waals surface area contributed by atoms with E-state index in [9.17, 15) is 13.2 Å². The normalized spacial score (nSPS) is 17.3. The van der Waals surface area contributed by atoms with Crippen LogP contribution in [0.3, 0.4) is 0 Å². The number of benzene rings is 1. The number of hydrogen-bond donors (Lipinski definition) is 1. The molecule has 1 atom stereocenters. The van der Waals surface area contributed by atoms with Gasteiger partial charge in [-0.15, -0.1) is 11.3 Å². The van der Waals surface area contributed by atoms with Gasteiger partial charge < -0.3 is 9.84 Å². The van der Waals surface area contributed by atoms with E-state index < -0.39 is 10.0 Å². The second-order valence-corrected chi connectivity index (χ2v) is 12.2. The number of aryl methyl sites for hydroxylation is 2. The molecule has 1 saturated heterocycles. The summed E-state index contributed by atoms with van der Waals surface area (Å²) in [7, 11) is -3.75. The van der Waals surface area contributed by atoms with E-state index >= 15 is 0 Å². The summed E-state index contributed by atoms with van der Waals surface area (Å²) < 4.78 is 33.7. The van der Waals surface area contributed by atoms with Gasteiger partial charge in [-0.05, 0) is 43.9 Å². The second kappa shape index (κ2) is 9.97. The van der Waals surface area contributed by atoms with Crippen molar-refractivity contribution in [3.05, 3.63) is 52.2 Å². The van der Waals surface area contributed by atoms with Crippen molar-refractivity contribution < 1.29 is 17.7 Å². The minimum absolute atomic E-state index is 0.0905. The van der Waals surface area contributed by atoms with E-state index in [1.807, 2.05) is 45.0 Å². The maximum absolute atomic E-state index is 13.5. The second-order valence-electron chi connectivity index (χ2n) is 8.99. The Morgan fingerprint density at radius 3 is 2.76 bits per heavy atom. The average Bonchev–Trinajstić information content (AvgIpc) is 3.46. The third-order valence-corrected chi connectivity index (χ3v) is 9.28. The molecule has 182 valence electrons. The van der Waals surface area contributed by atoms with Crippen LogP contribution in [0.1, 0.15) is 54.5 Å². The minimum atomic E-state index is -3.75. The molecule has 1 aromatic carbocycles. The van der Waals surface area contributed by atoms with Crippen molar-refractivity contribution in [1.82, 2.24) is 19.8 Å². The predicted molar refractivity (Wildman–Crippen MR) is 131 cm³/mol. The van der Waals surface area contributed by atoms with Gasteiger partial charge >= 0.3 is 0 Å². The fourth-order valence-corrected chi connectivity index (χ4v) is 7.06. The molecule has 1 fully saturated rings. The third kappa shape index (κ3) is 5.08. The molecule has 4 rings (SSSR count). The highest BCUT2D eigenvalue weighted by Gasteiger charge is 2.35. The zero-order valence-corrected chi connectivity index (χ0v) is 21.5. The van der Waals surface area contributed by atoms with Crippen LogP contribution in [-0.2, 0) is 21.4 Å². The van der Waals surface area contributed by atoms with E-state index in [1.54, 1.807) is 13.0 Å². The highest BCUT2D eigenvalue weighted by atomic mass is 32.2. The lowest BCUT2D eigenvalue weighted by atomic mass is 9.98. The van der Waals surface area contributed by atoms with E-state index in [-0.39, 0.29) is 29.2 Å². The molecule has 0 bridgehead atoms. The summed E-state index contributed by atoms with van der Waals surface area (Å²) >= 11 is 1.33. The zero-order valence-electron chi connectivity index (χ0n) is 19.9. The highest BCUT2D eigenvalue weighted by molar-refractivity contribution is 7.89. The van der Waals surface area contributed by atoms with Crippen LogP contribution in [0.25, 0.3) is 10.7 Å². The summed E-state index contributed by atoms with van der Waals surface area (Å²) in [6.45, 7) is 8.70. The van der Waals surface area contributed by atoms with Crippen molar-refractivity contribution in [1.29, 1.82) is 0 Å². The molecule has 10 heteroatoms. The first kappa shape index (κ1) is 24.6. The summed E-state index contributed by atoms with van der Waals surface area (Å²) in [5, 5.41) is 6.99. The van der Waals surface area contributed by atoms with Crippen LogP contribution in [0, 0.1) is 19.8 Å². The number of hydrogen-bond acceptors (Lipinski definition) is 7. The molecule has 8 nitrogen and oxygen atoms in total. The number of nitrogens with one attached hydrogen (secondary N) is 1. The summed E-state index contributed by atoms with van der Waals surface area (Å²) in [4.78, 5) is 18.8. The Balaban J connectivity index is 1.47. The molecular formula is C24H30N4O4S2. The highest BCUT2D eigenvalue weighted by Crippen LogP contribution is 2.35. The number of aromatic nitrogens is 2. The lowest BCUT2D eigenvalue weighted by Crippen LogP contribution is -2.45. The largest absolute Gasteiger partial charge is 0.352 e. The van der Waals surface area contributed by atoms with Crippen LogP contribution in [0.4, 0.5) is 0 Å². The number of sulfonamides is 1. The number of thiophene rings is 1. The molecule has 0 saturated carbocycles. The van der Waals surface area contributed by atoms with Gasteiger partial charge in [0.15, 0.2) is 0 Å². The van der Waals surface area contributed by atoms with Gasteiger partial charge in [0.2, 0.25) is 27.6 Å². The molecule has 0 aliphatic carbocycles. The Morgan fingerprint density at radius 2 is 2.06 bits per heavy atom. The lowest BCUT2D eigenvalue weighted by Gasteiger charge is -2.31. The Labute approximate surface area is 204 Å². The van der Waals surface area contributed by atoms with Gasteiger partial charge in [0.05, 0.1) is 15.7 Å². The molecule has 1 aliphatic rings. The van der Waals surface area contributed by atoms with E-state index in [0.717, 1.165) is 11.1 Å². The number of carbonyl (C=O) groups excluding carboxylic acids is 1. The summed E-state index contributed by atoms with van der Waals surface area (Å²) in [5.41, 5.74) is 2.17. The molecule has 3 heterocycles. The van der Waals surface area contributed by atoms with Crippen LogP contribution < -0.4 is 5.32 Å². The van der Waals surface area contributed by atoms with Gasteiger partial charge in [-0.1, -0.05) is 43.3 Å². The van der Waals surface area contributed by atoms with E-state index in [0.29, 0.717) is 47.4 Å². The van der Waals surface area contributed by atoms with Crippen LogP contribution >= 0.6 is 11.3 Å². The molecule has 1 aliphatic heterocycles. The maximum atomic E-state index is 13.5. The number of amides is 1. The average molecular weight is 503 g/mol. The minimum Gasteiger partial charge on any atom is -0.352 e. The fraction of sp³-hybridized carbons (Fsp3) is 0.458. The Morgan fingerprint density at radius 1 is 1.29 bits per heavy atom. The first-order valence-corrected chi connectivity index (χ1v) is 13.7. The van der Waals surface area contributed by atoms with E-state index in [4.69, 9.17) is 4.52 Å². The maximum Gasteiger partial charge on any atom is 0.244 e. The molecule has 0 unspecified atom stereocenters. The van der Waals surface area contributed by atoms with Gasteiger partial charge in [-0.25, -0.2) is 8.42 Å². The van der Waals surface area contributed by atoms with Gasteiger partial charge in [-0.2, -0.15) is 9.29 Å². The van der Waals surface area contributed by atoms with Gasteiger partial charge in [0.25, 0.3) is 0 Å². The molecule has 3 aromatic rings. The van der Waals surface area contributed by atoms with Crippen molar-refractivity contribution in [2.75, 3.05) is 13.1 Å². The van der Waals surface area contributed by atoms with Crippen molar-refractivity contribution in [2.24, 2.45) is 5.92 Å². The number of carbonyl (C=O) groups is 1. The van der Waals surface area contributed by atoms with E-state index in [2.05, 4.69) is 15.5 Å². The van der Waals surface area contributed by atoms with Crippen molar-refractivity contribution in [3.63, 3.8) is 0 Å². The summed E-state index contributed by atoms with van der Waals surface area (Å²) in [6.07, 6.45) is 1.31. The van der Waals surface area contributed by atoms with Crippen LogP contribution in [0.15, 0.2) is 39.8 Å². The third-order valence-electron chi connectivity index (χ3n) is 6.12. The lowest BCUT2D eigenvalue weighted by molar-refractivity contribution is -0.126. The Bertz CT molecular complexity index is 1280. The molecule has 1 N–H and O–H groups in total. The molecule has 1 amide bonds. The predicted octanol–water partition coefficient (Wildman–Crippen LogP) is 4.26. The molecule has 2 aromatic heterocycles. The fourth-order valence-electron chi connectivity index (χ4n) is 4.05. The van der Waals surface area contributed by atoms with Crippen molar-refractivity contribution >= 4 is 27.3 Å². The first-order chi connectivity index (χ1) is 16.2. The van der Waals surface area contributed by atoms with Gasteiger partial charge in [-0.3, -0.25) is 4.79 Å². The molecule has 0 radical (unpaired) electrons. The van der Waals surface area contributed by atoms with Crippen LogP contribution in [0.5, 0.6) is 0 Å². The van der Waals surface area contributed by atoms with Crippen molar-refractivity contribution in [3.8, 4) is 10.7 Å². The van der Waals surface area contributed by atoms with E-state index in [1.165, 1.54) is 15.6 Å². The van der Waals surface area contributed by atoms with Crippen LogP contribution in [0.2, 0.25) is 0 Å². The SMILES string of the molecule is Cc1ccccc1CNC(=O)[C@H]1CCCN(S(=O)(=O)c2cc(-c3noc(C(C)C)n3)sc2C)C1. The zero-order chi connectivity index (χ0) is 24.5. The summed E-state index contributed by atoms with van der Waals surface area (Å²) in [6, 6.07) is 9.51. The smallest absolute Gasteiger partial charge is 0.244 e. The quantitative estimate of drug-likeness (QED) is 0.518. The van der Waals surface area contributed by atoms with Gasteiger partial charge in [0, 0.05) is 30.4 Å². The Hall–Kier alpha value is -2.56. The monoisotopic (exact) mass is 502 g/mol. The van der Waals surface area contributed by atoms with Gasteiger partial charge in [0.1, 0.15) is 0 Å². The van der Waals surface area contributed by atoms with Crippen molar-refractivity contribution in [2.45, 2.75) is 57.9 Å². The number of rotatable bonds is 7. The summed E-state index contributed by atoms with van der Waals surface area (Å²) in [5.74, 6) is 0.509. The molecule has 0 spiro atoms. The molecular weight excluding hydrogens is 472 g/mol. The Kier molecular flexibility index (Phi) is 7.20.